The molecule has 0 bridgehead atoms. The Balaban J connectivity index is 3.01. The number of rotatable bonds is 4. The van der Waals surface area contributed by atoms with Crippen LogP contribution < -0.4 is 0 Å². The number of aliphatic hydroxyl groups excluding tert-OH is 1. The molecule has 0 saturated heterocycles. The van der Waals surface area contributed by atoms with E-state index >= 15 is 0 Å². The van der Waals surface area contributed by atoms with E-state index in [0.717, 1.165) is 11.1 Å². The molecule has 3 heteroatoms. The van der Waals surface area contributed by atoms with Gasteiger partial charge in [0.25, 0.3) is 0 Å². The third-order valence-corrected chi connectivity index (χ3v) is 2.21. The standard InChI is InChI=1S/C11H15FO2/c1-8(6-13)11-4-3-10(12)5-9(11)7-14-2/h3-5,8,13H,6-7H2,1-2H3. The Kier molecular flexibility index (Phi) is 4.04. The van der Waals surface area contributed by atoms with Gasteiger partial charge in [0.15, 0.2) is 0 Å². The number of methoxy groups -OCH3 is 1. The molecule has 78 valence electrons. The van der Waals surface area contributed by atoms with Crippen LogP contribution in [0.2, 0.25) is 0 Å². The highest BCUT2D eigenvalue weighted by molar-refractivity contribution is 5.30. The van der Waals surface area contributed by atoms with Gasteiger partial charge in [0.1, 0.15) is 5.82 Å². The molecule has 2 nitrogen and oxygen atoms in total. The maximum absolute atomic E-state index is 12.9. The maximum Gasteiger partial charge on any atom is 0.123 e. The largest absolute Gasteiger partial charge is 0.396 e. The molecule has 0 saturated carbocycles. The van der Waals surface area contributed by atoms with Gasteiger partial charge in [0.05, 0.1) is 6.61 Å². The molecule has 1 atom stereocenters. The van der Waals surface area contributed by atoms with Crippen molar-refractivity contribution >= 4 is 0 Å². The average Bonchev–Trinajstić information content (AvgIpc) is 2.17. The number of hydrogen-bond acceptors (Lipinski definition) is 2. The van der Waals surface area contributed by atoms with E-state index in [-0.39, 0.29) is 18.3 Å². The Morgan fingerprint density at radius 2 is 2.21 bits per heavy atom. The van der Waals surface area contributed by atoms with Crippen molar-refractivity contribution in [3.05, 3.63) is 35.1 Å². The van der Waals surface area contributed by atoms with Crippen molar-refractivity contribution in [1.29, 1.82) is 0 Å². The lowest BCUT2D eigenvalue weighted by Gasteiger charge is -2.13. The lowest BCUT2D eigenvalue weighted by atomic mass is 9.96. The summed E-state index contributed by atoms with van der Waals surface area (Å²) in [7, 11) is 1.57. The second-order valence-electron chi connectivity index (χ2n) is 3.36. The molecule has 0 aromatic heterocycles. The Hall–Kier alpha value is -0.930. The summed E-state index contributed by atoms with van der Waals surface area (Å²) in [5.74, 6) is -0.258. The molecule has 14 heavy (non-hydrogen) atoms. The second kappa shape index (κ2) is 5.08. The predicted octanol–water partition coefficient (Wildman–Crippen LogP) is 2.07. The summed E-state index contributed by atoms with van der Waals surface area (Å²) in [6, 6.07) is 4.55. The molecule has 0 aliphatic rings. The molecular formula is C11H15FO2. The van der Waals surface area contributed by atoms with Crippen LogP contribution in [0, 0.1) is 5.82 Å². The van der Waals surface area contributed by atoms with Crippen LogP contribution in [-0.4, -0.2) is 18.8 Å². The molecule has 1 unspecified atom stereocenters. The molecular weight excluding hydrogens is 183 g/mol. The molecule has 0 radical (unpaired) electrons. The van der Waals surface area contributed by atoms with Gasteiger partial charge in [-0.25, -0.2) is 4.39 Å². The number of aliphatic hydroxyl groups is 1. The molecule has 0 heterocycles. The third-order valence-electron chi connectivity index (χ3n) is 2.21. The van der Waals surface area contributed by atoms with Crippen molar-refractivity contribution < 1.29 is 14.2 Å². The van der Waals surface area contributed by atoms with Crippen LogP contribution in [0.3, 0.4) is 0 Å². The minimum Gasteiger partial charge on any atom is -0.396 e. The van der Waals surface area contributed by atoms with E-state index in [1.54, 1.807) is 13.2 Å². The molecule has 1 aromatic carbocycles. The predicted molar refractivity (Wildman–Crippen MR) is 52.6 cm³/mol. The second-order valence-corrected chi connectivity index (χ2v) is 3.36. The van der Waals surface area contributed by atoms with Crippen LogP contribution in [0.1, 0.15) is 24.0 Å². The van der Waals surface area contributed by atoms with Crippen molar-refractivity contribution in [3.63, 3.8) is 0 Å². The molecule has 1 rings (SSSR count). The topological polar surface area (TPSA) is 29.5 Å². The first-order valence-electron chi connectivity index (χ1n) is 4.57. The Morgan fingerprint density at radius 1 is 1.50 bits per heavy atom. The number of hydrogen-bond donors (Lipinski definition) is 1. The minimum atomic E-state index is -0.272. The summed E-state index contributed by atoms with van der Waals surface area (Å²) in [6.45, 7) is 2.33. The maximum atomic E-state index is 12.9. The Morgan fingerprint density at radius 3 is 2.79 bits per heavy atom. The fraction of sp³-hybridized carbons (Fsp3) is 0.455. The van der Waals surface area contributed by atoms with Gasteiger partial charge in [-0.05, 0) is 23.3 Å². The smallest absolute Gasteiger partial charge is 0.123 e. The van der Waals surface area contributed by atoms with Crippen LogP contribution >= 0.6 is 0 Å². The summed E-state index contributed by atoms with van der Waals surface area (Å²) >= 11 is 0. The van der Waals surface area contributed by atoms with E-state index in [2.05, 4.69) is 0 Å². The summed E-state index contributed by atoms with van der Waals surface area (Å²) in [5.41, 5.74) is 1.74. The van der Waals surface area contributed by atoms with E-state index < -0.39 is 0 Å². The number of ether oxygens (including phenoxy) is 1. The van der Waals surface area contributed by atoms with Crippen molar-refractivity contribution in [1.82, 2.24) is 0 Å². The first kappa shape index (κ1) is 11.1. The van der Waals surface area contributed by atoms with Gasteiger partial charge < -0.3 is 9.84 Å². The van der Waals surface area contributed by atoms with E-state index in [1.165, 1.54) is 12.1 Å². The quantitative estimate of drug-likeness (QED) is 0.802. The summed E-state index contributed by atoms with van der Waals surface area (Å²) < 4.78 is 17.9. The van der Waals surface area contributed by atoms with Gasteiger partial charge >= 0.3 is 0 Å². The molecule has 0 spiro atoms. The van der Waals surface area contributed by atoms with Crippen molar-refractivity contribution in [2.75, 3.05) is 13.7 Å². The number of halogens is 1. The Labute approximate surface area is 83.3 Å². The van der Waals surface area contributed by atoms with Gasteiger partial charge in [-0.15, -0.1) is 0 Å². The molecule has 1 N–H and O–H groups in total. The monoisotopic (exact) mass is 198 g/mol. The normalized spacial score (nSPS) is 12.9. The highest BCUT2D eigenvalue weighted by Gasteiger charge is 2.10. The molecule has 0 fully saturated rings. The van der Waals surface area contributed by atoms with Crippen LogP contribution in [-0.2, 0) is 11.3 Å². The lowest BCUT2D eigenvalue weighted by molar-refractivity contribution is 0.182. The minimum absolute atomic E-state index is 0.0146. The van der Waals surface area contributed by atoms with Gasteiger partial charge in [-0.1, -0.05) is 13.0 Å². The summed E-state index contributed by atoms with van der Waals surface area (Å²) in [4.78, 5) is 0. The van der Waals surface area contributed by atoms with Gasteiger partial charge in [0.2, 0.25) is 0 Å². The van der Waals surface area contributed by atoms with Crippen molar-refractivity contribution in [2.24, 2.45) is 0 Å². The zero-order chi connectivity index (χ0) is 10.6. The van der Waals surface area contributed by atoms with E-state index in [0.29, 0.717) is 6.61 Å². The highest BCUT2D eigenvalue weighted by atomic mass is 19.1. The fourth-order valence-corrected chi connectivity index (χ4v) is 1.43. The third kappa shape index (κ3) is 2.53. The average molecular weight is 198 g/mol. The van der Waals surface area contributed by atoms with E-state index in [4.69, 9.17) is 9.84 Å². The van der Waals surface area contributed by atoms with E-state index in [9.17, 15) is 4.39 Å². The number of benzene rings is 1. The zero-order valence-corrected chi connectivity index (χ0v) is 8.46. The summed E-state index contributed by atoms with van der Waals surface area (Å²) in [5, 5.41) is 9.02. The van der Waals surface area contributed by atoms with Gasteiger partial charge in [0, 0.05) is 19.6 Å². The SMILES string of the molecule is COCc1cc(F)ccc1C(C)CO. The van der Waals surface area contributed by atoms with Gasteiger partial charge in [-0.2, -0.15) is 0 Å². The van der Waals surface area contributed by atoms with Crippen molar-refractivity contribution in [2.45, 2.75) is 19.4 Å². The molecule has 0 aliphatic heterocycles. The van der Waals surface area contributed by atoms with Crippen molar-refractivity contribution in [3.8, 4) is 0 Å². The first-order valence-corrected chi connectivity index (χ1v) is 4.57. The molecule has 0 aliphatic carbocycles. The lowest BCUT2D eigenvalue weighted by Crippen LogP contribution is -2.04. The molecule has 0 amide bonds. The van der Waals surface area contributed by atoms with E-state index in [1.807, 2.05) is 6.92 Å². The van der Waals surface area contributed by atoms with Crippen LogP contribution in [0.4, 0.5) is 4.39 Å². The fourth-order valence-electron chi connectivity index (χ4n) is 1.43. The Bertz CT molecular complexity index is 299. The first-order chi connectivity index (χ1) is 6.69. The molecule has 1 aromatic rings. The highest BCUT2D eigenvalue weighted by Crippen LogP contribution is 2.21. The van der Waals surface area contributed by atoms with Gasteiger partial charge in [-0.3, -0.25) is 0 Å². The summed E-state index contributed by atoms with van der Waals surface area (Å²) in [6.07, 6.45) is 0. The zero-order valence-electron chi connectivity index (χ0n) is 8.46. The van der Waals surface area contributed by atoms with Crippen LogP contribution in [0.25, 0.3) is 0 Å². The van der Waals surface area contributed by atoms with Crippen LogP contribution in [0.15, 0.2) is 18.2 Å². The van der Waals surface area contributed by atoms with Crippen LogP contribution in [0.5, 0.6) is 0 Å².